The van der Waals surface area contributed by atoms with Gasteiger partial charge in [-0.1, -0.05) is 24.3 Å². The molecule has 1 amide bonds. The monoisotopic (exact) mass is 366 g/mol. The highest BCUT2D eigenvalue weighted by molar-refractivity contribution is 7.18. The van der Waals surface area contributed by atoms with E-state index in [1.54, 1.807) is 17.7 Å². The smallest absolute Gasteiger partial charge is 0.222 e. The number of thiophene rings is 1. The van der Waals surface area contributed by atoms with Crippen molar-refractivity contribution in [1.29, 1.82) is 0 Å². The lowest BCUT2D eigenvalue weighted by Gasteiger charge is -2.15. The Hall–Kier alpha value is -2.47. The van der Waals surface area contributed by atoms with E-state index in [-0.39, 0.29) is 5.91 Å². The molecule has 0 saturated carbocycles. The predicted octanol–water partition coefficient (Wildman–Crippen LogP) is 4.04. The van der Waals surface area contributed by atoms with E-state index in [4.69, 9.17) is 0 Å². The summed E-state index contributed by atoms with van der Waals surface area (Å²) in [6.45, 7) is 6.55. The van der Waals surface area contributed by atoms with Crippen LogP contribution in [0.5, 0.6) is 0 Å². The third kappa shape index (κ3) is 3.29. The van der Waals surface area contributed by atoms with Crippen LogP contribution in [0.25, 0.3) is 10.2 Å². The molecule has 1 aromatic carbocycles. The molecular formula is C20H22N4OS. The van der Waals surface area contributed by atoms with Gasteiger partial charge < -0.3 is 10.2 Å². The molecule has 1 fully saturated rings. The van der Waals surface area contributed by atoms with Crippen molar-refractivity contribution in [2.75, 3.05) is 11.9 Å². The molecule has 1 saturated heterocycles. The van der Waals surface area contributed by atoms with Crippen molar-refractivity contribution in [3.8, 4) is 0 Å². The van der Waals surface area contributed by atoms with E-state index >= 15 is 0 Å². The van der Waals surface area contributed by atoms with Gasteiger partial charge in [-0.3, -0.25) is 4.79 Å². The molecule has 26 heavy (non-hydrogen) atoms. The summed E-state index contributed by atoms with van der Waals surface area (Å²) in [5, 5.41) is 4.57. The number of likely N-dealkylation sites (tertiary alicyclic amines) is 1. The second kappa shape index (κ2) is 7.03. The van der Waals surface area contributed by atoms with Crippen molar-refractivity contribution >= 4 is 33.3 Å². The number of nitrogens with zero attached hydrogens (tertiary/aromatic N) is 3. The van der Waals surface area contributed by atoms with Gasteiger partial charge in [-0.2, -0.15) is 0 Å². The van der Waals surface area contributed by atoms with Crippen LogP contribution in [0.2, 0.25) is 0 Å². The van der Waals surface area contributed by atoms with E-state index < -0.39 is 0 Å². The number of amides is 1. The number of hydrogen-bond acceptors (Lipinski definition) is 5. The number of carbonyl (C=O) groups is 1. The Balaban J connectivity index is 1.44. The SMILES string of the molecule is Cc1sc2ncnc(NCc3ccc(CN4CCCC4=O)cc3)c2c1C. The molecule has 0 unspecified atom stereocenters. The molecule has 0 atom stereocenters. The Labute approximate surface area is 157 Å². The van der Waals surface area contributed by atoms with E-state index in [1.165, 1.54) is 21.6 Å². The zero-order valence-corrected chi connectivity index (χ0v) is 15.9. The van der Waals surface area contributed by atoms with Gasteiger partial charge in [0, 0.05) is 30.9 Å². The van der Waals surface area contributed by atoms with Gasteiger partial charge in [-0.05, 0) is 37.0 Å². The number of rotatable bonds is 5. The van der Waals surface area contributed by atoms with Crippen LogP contribution in [0.15, 0.2) is 30.6 Å². The van der Waals surface area contributed by atoms with Gasteiger partial charge in [0.05, 0.1) is 5.39 Å². The number of fused-ring (bicyclic) bond motifs is 1. The fourth-order valence-corrected chi connectivity index (χ4v) is 4.35. The quantitative estimate of drug-likeness (QED) is 0.740. The molecule has 0 bridgehead atoms. The molecule has 134 valence electrons. The second-order valence-electron chi connectivity index (χ2n) is 6.77. The second-order valence-corrected chi connectivity index (χ2v) is 7.98. The van der Waals surface area contributed by atoms with Crippen LogP contribution < -0.4 is 5.32 Å². The maximum absolute atomic E-state index is 11.7. The summed E-state index contributed by atoms with van der Waals surface area (Å²) in [6.07, 6.45) is 3.29. The maximum atomic E-state index is 11.7. The van der Waals surface area contributed by atoms with E-state index in [0.717, 1.165) is 29.0 Å². The topological polar surface area (TPSA) is 58.1 Å². The minimum Gasteiger partial charge on any atom is -0.365 e. The molecule has 1 N–H and O–H groups in total. The molecule has 3 heterocycles. The fraction of sp³-hybridized carbons (Fsp3) is 0.350. The van der Waals surface area contributed by atoms with Crippen LogP contribution >= 0.6 is 11.3 Å². The molecule has 0 radical (unpaired) electrons. The number of hydrogen-bond donors (Lipinski definition) is 1. The first-order valence-corrected chi connectivity index (χ1v) is 9.73. The number of aromatic nitrogens is 2. The van der Waals surface area contributed by atoms with Gasteiger partial charge >= 0.3 is 0 Å². The molecule has 0 aliphatic carbocycles. The van der Waals surface area contributed by atoms with Crippen molar-refractivity contribution in [3.63, 3.8) is 0 Å². The van der Waals surface area contributed by atoms with Crippen molar-refractivity contribution in [1.82, 2.24) is 14.9 Å². The molecule has 0 spiro atoms. The Morgan fingerprint density at radius 3 is 2.65 bits per heavy atom. The van der Waals surface area contributed by atoms with Crippen molar-refractivity contribution in [2.24, 2.45) is 0 Å². The first kappa shape index (κ1) is 17.0. The van der Waals surface area contributed by atoms with E-state index in [9.17, 15) is 4.79 Å². The van der Waals surface area contributed by atoms with Crippen LogP contribution in [0.1, 0.15) is 34.4 Å². The normalized spacial score (nSPS) is 14.4. The Kier molecular flexibility index (Phi) is 4.59. The summed E-state index contributed by atoms with van der Waals surface area (Å²) >= 11 is 1.71. The average molecular weight is 366 g/mol. The summed E-state index contributed by atoms with van der Waals surface area (Å²) in [6, 6.07) is 8.45. The van der Waals surface area contributed by atoms with Gasteiger partial charge in [0.1, 0.15) is 17.0 Å². The van der Waals surface area contributed by atoms with Crippen molar-refractivity contribution < 1.29 is 4.79 Å². The third-order valence-corrected chi connectivity index (χ3v) is 6.11. The highest BCUT2D eigenvalue weighted by Crippen LogP contribution is 2.32. The van der Waals surface area contributed by atoms with E-state index in [2.05, 4.69) is 53.4 Å². The maximum Gasteiger partial charge on any atom is 0.222 e. The van der Waals surface area contributed by atoms with Crippen molar-refractivity contribution in [3.05, 3.63) is 52.2 Å². The largest absolute Gasteiger partial charge is 0.365 e. The lowest BCUT2D eigenvalue weighted by Crippen LogP contribution is -2.23. The zero-order valence-electron chi connectivity index (χ0n) is 15.1. The molecule has 5 nitrogen and oxygen atoms in total. The number of nitrogens with one attached hydrogen (secondary N) is 1. The van der Waals surface area contributed by atoms with Crippen LogP contribution in [0, 0.1) is 13.8 Å². The average Bonchev–Trinajstić information content (AvgIpc) is 3.18. The van der Waals surface area contributed by atoms with Gasteiger partial charge in [-0.25, -0.2) is 9.97 Å². The molecule has 3 aromatic rings. The van der Waals surface area contributed by atoms with Gasteiger partial charge in [0.2, 0.25) is 5.91 Å². The van der Waals surface area contributed by atoms with E-state index in [0.29, 0.717) is 19.5 Å². The third-order valence-electron chi connectivity index (χ3n) is 4.99. The highest BCUT2D eigenvalue weighted by Gasteiger charge is 2.19. The van der Waals surface area contributed by atoms with Crippen LogP contribution in [0.4, 0.5) is 5.82 Å². The lowest BCUT2D eigenvalue weighted by molar-refractivity contribution is -0.128. The summed E-state index contributed by atoms with van der Waals surface area (Å²) < 4.78 is 0. The highest BCUT2D eigenvalue weighted by atomic mass is 32.1. The number of aryl methyl sites for hydroxylation is 2. The minimum absolute atomic E-state index is 0.268. The molecular weight excluding hydrogens is 344 g/mol. The number of anilines is 1. The fourth-order valence-electron chi connectivity index (χ4n) is 3.36. The number of benzene rings is 1. The van der Waals surface area contributed by atoms with Crippen LogP contribution in [-0.2, 0) is 17.9 Å². The standard InChI is InChI=1S/C20H22N4OS/c1-13-14(2)26-20-18(13)19(22-12-23-20)21-10-15-5-7-16(8-6-15)11-24-9-3-4-17(24)25/h5-8,12H,3-4,9-11H2,1-2H3,(H,21,22,23). The summed E-state index contributed by atoms with van der Waals surface area (Å²) in [5.74, 6) is 1.16. The Morgan fingerprint density at radius 1 is 1.15 bits per heavy atom. The van der Waals surface area contributed by atoms with Crippen LogP contribution in [-0.4, -0.2) is 27.3 Å². The summed E-state index contributed by atoms with van der Waals surface area (Å²) in [7, 11) is 0. The predicted molar refractivity (Wildman–Crippen MR) is 105 cm³/mol. The van der Waals surface area contributed by atoms with Gasteiger partial charge in [0.15, 0.2) is 0 Å². The first-order valence-electron chi connectivity index (χ1n) is 8.92. The lowest BCUT2D eigenvalue weighted by atomic mass is 10.1. The molecule has 1 aliphatic rings. The molecule has 6 heteroatoms. The number of carbonyl (C=O) groups excluding carboxylic acids is 1. The Morgan fingerprint density at radius 2 is 1.92 bits per heavy atom. The summed E-state index contributed by atoms with van der Waals surface area (Å²) in [5.41, 5.74) is 3.62. The van der Waals surface area contributed by atoms with Crippen molar-refractivity contribution in [2.45, 2.75) is 39.8 Å². The molecule has 4 rings (SSSR count). The van der Waals surface area contributed by atoms with Gasteiger partial charge in [-0.15, -0.1) is 11.3 Å². The molecule has 1 aliphatic heterocycles. The molecule has 2 aromatic heterocycles. The van der Waals surface area contributed by atoms with Gasteiger partial charge in [0.25, 0.3) is 0 Å². The van der Waals surface area contributed by atoms with E-state index in [1.807, 2.05) is 4.90 Å². The first-order chi connectivity index (χ1) is 12.6. The Bertz CT molecular complexity index is 948. The summed E-state index contributed by atoms with van der Waals surface area (Å²) in [4.78, 5) is 24.8. The zero-order chi connectivity index (χ0) is 18.1. The van der Waals surface area contributed by atoms with Crippen LogP contribution in [0.3, 0.4) is 0 Å². The minimum atomic E-state index is 0.268.